The smallest absolute Gasteiger partial charge is 0.253 e. The molecule has 0 saturated carbocycles. The molecule has 7 heteroatoms. The molecule has 0 unspecified atom stereocenters. The number of amides is 2. The number of nitrogens with one attached hydrogen (secondary N) is 1. The van der Waals surface area contributed by atoms with Crippen molar-refractivity contribution in [2.75, 3.05) is 18.4 Å². The van der Waals surface area contributed by atoms with Gasteiger partial charge >= 0.3 is 0 Å². The lowest BCUT2D eigenvalue weighted by atomic mass is 9.95. The number of thiazole rings is 1. The van der Waals surface area contributed by atoms with Crippen molar-refractivity contribution < 1.29 is 9.59 Å². The molecule has 3 aromatic rings. The Kier molecular flexibility index (Phi) is 7.04. The van der Waals surface area contributed by atoms with Gasteiger partial charge in [0.1, 0.15) is 0 Å². The molecule has 1 saturated heterocycles. The number of rotatable bonds is 6. The third kappa shape index (κ3) is 5.74. The van der Waals surface area contributed by atoms with Crippen molar-refractivity contribution in [2.24, 2.45) is 5.92 Å². The number of piperidine rings is 1. The lowest BCUT2D eigenvalue weighted by molar-refractivity contribution is -0.121. The first-order valence-corrected chi connectivity index (χ1v) is 12.2. The first-order chi connectivity index (χ1) is 15.1. The number of anilines is 1. The molecule has 0 aliphatic carbocycles. The number of hydrogen-bond acceptors (Lipinski definition) is 5. The Bertz CT molecular complexity index is 1030. The Morgan fingerprint density at radius 3 is 2.45 bits per heavy atom. The average molecular weight is 452 g/mol. The Balaban J connectivity index is 1.26. The second kappa shape index (κ2) is 10.1. The van der Waals surface area contributed by atoms with Crippen LogP contribution in [-0.2, 0) is 10.5 Å². The van der Waals surface area contributed by atoms with E-state index in [1.165, 1.54) is 0 Å². The number of aromatic nitrogens is 1. The van der Waals surface area contributed by atoms with Gasteiger partial charge in [-0.3, -0.25) is 9.59 Å². The number of carbonyl (C=O) groups excluding carboxylic acids is 2. The molecule has 2 aromatic carbocycles. The summed E-state index contributed by atoms with van der Waals surface area (Å²) >= 11 is 3.39. The maximum atomic E-state index is 12.9. The zero-order valence-corrected chi connectivity index (χ0v) is 19.0. The molecule has 4 rings (SSSR count). The second-order valence-electron chi connectivity index (χ2n) is 7.59. The van der Waals surface area contributed by atoms with E-state index in [2.05, 4.69) is 15.7 Å². The molecule has 0 radical (unpaired) electrons. The number of likely N-dealkylation sites (tertiary alicyclic amines) is 1. The lowest BCUT2D eigenvalue weighted by Gasteiger charge is -2.31. The van der Waals surface area contributed by atoms with E-state index in [-0.39, 0.29) is 17.7 Å². The lowest BCUT2D eigenvalue weighted by Crippen LogP contribution is -2.41. The highest BCUT2D eigenvalue weighted by Gasteiger charge is 2.27. The van der Waals surface area contributed by atoms with Gasteiger partial charge < -0.3 is 10.2 Å². The topological polar surface area (TPSA) is 62.3 Å². The summed E-state index contributed by atoms with van der Waals surface area (Å²) in [7, 11) is 0. The van der Waals surface area contributed by atoms with Gasteiger partial charge in [0.2, 0.25) is 5.91 Å². The summed E-state index contributed by atoms with van der Waals surface area (Å²) in [4.78, 5) is 32.8. The van der Waals surface area contributed by atoms with Crippen LogP contribution in [0.2, 0.25) is 0 Å². The van der Waals surface area contributed by atoms with Crippen molar-refractivity contribution in [3.05, 3.63) is 76.2 Å². The van der Waals surface area contributed by atoms with Crippen LogP contribution < -0.4 is 5.32 Å². The Hall–Kier alpha value is -2.64. The van der Waals surface area contributed by atoms with Gasteiger partial charge in [0, 0.05) is 46.3 Å². The fraction of sp³-hybridized carbons (Fsp3) is 0.292. The predicted octanol–water partition coefficient (Wildman–Crippen LogP) is 5.23. The molecule has 160 valence electrons. The summed E-state index contributed by atoms with van der Waals surface area (Å²) in [6, 6.07) is 17.3. The van der Waals surface area contributed by atoms with Crippen molar-refractivity contribution in [3.63, 3.8) is 0 Å². The predicted molar refractivity (Wildman–Crippen MR) is 127 cm³/mol. The molecule has 2 heterocycles. The van der Waals surface area contributed by atoms with Crippen LogP contribution in [0.3, 0.4) is 0 Å². The number of hydrogen-bond donors (Lipinski definition) is 1. The quantitative estimate of drug-likeness (QED) is 0.521. The first kappa shape index (κ1) is 21.6. The number of aryl methyl sites for hydroxylation is 1. The highest BCUT2D eigenvalue weighted by atomic mass is 32.2. The molecular formula is C24H25N3O2S2. The number of carbonyl (C=O) groups is 2. The van der Waals surface area contributed by atoms with Crippen LogP contribution in [0.15, 0.2) is 64.9 Å². The molecule has 2 amide bonds. The molecule has 0 spiro atoms. The van der Waals surface area contributed by atoms with E-state index < -0.39 is 0 Å². The van der Waals surface area contributed by atoms with Crippen molar-refractivity contribution in [3.8, 4) is 0 Å². The normalized spacial score (nSPS) is 14.4. The minimum absolute atomic E-state index is 0.0357. The van der Waals surface area contributed by atoms with E-state index in [9.17, 15) is 9.59 Å². The number of nitrogens with zero attached hydrogens (tertiary/aromatic N) is 2. The van der Waals surface area contributed by atoms with Crippen LogP contribution in [0.5, 0.6) is 0 Å². The van der Waals surface area contributed by atoms with E-state index in [4.69, 9.17) is 0 Å². The zero-order chi connectivity index (χ0) is 21.6. The first-order valence-electron chi connectivity index (χ1n) is 10.4. The van der Waals surface area contributed by atoms with Gasteiger partial charge in [0.15, 0.2) is 0 Å². The van der Waals surface area contributed by atoms with E-state index in [1.807, 2.05) is 66.4 Å². The number of thioether (sulfide) groups is 1. The molecule has 1 N–H and O–H groups in total. The third-order valence-electron chi connectivity index (χ3n) is 5.35. The number of para-hydroxylation sites is 1. The maximum absolute atomic E-state index is 12.9. The van der Waals surface area contributed by atoms with Crippen LogP contribution in [0, 0.1) is 12.8 Å². The SMILES string of the molecule is Cc1nc(CSc2ccc(C(=O)N3CCC(C(=O)Nc4ccccc4)CC3)cc2)cs1. The summed E-state index contributed by atoms with van der Waals surface area (Å²) in [5.74, 6) is 0.844. The van der Waals surface area contributed by atoms with Crippen LogP contribution in [0.4, 0.5) is 5.69 Å². The van der Waals surface area contributed by atoms with Gasteiger partial charge in [-0.2, -0.15) is 0 Å². The molecule has 0 bridgehead atoms. The van der Waals surface area contributed by atoms with Crippen molar-refractivity contribution in [2.45, 2.75) is 30.4 Å². The summed E-state index contributed by atoms with van der Waals surface area (Å²) in [6.07, 6.45) is 1.37. The molecular weight excluding hydrogens is 426 g/mol. The standard InChI is InChI=1S/C24H25N3O2S2/c1-17-25-21(15-30-17)16-31-22-9-7-19(8-10-22)24(29)27-13-11-18(12-14-27)23(28)26-20-5-3-2-4-6-20/h2-10,15,18H,11-14,16H2,1H3,(H,26,28). The molecule has 1 aromatic heterocycles. The fourth-order valence-electron chi connectivity index (χ4n) is 3.62. The van der Waals surface area contributed by atoms with Gasteiger partial charge in [0.25, 0.3) is 5.91 Å². The van der Waals surface area contributed by atoms with Gasteiger partial charge in [-0.1, -0.05) is 18.2 Å². The highest BCUT2D eigenvalue weighted by Crippen LogP contribution is 2.25. The largest absolute Gasteiger partial charge is 0.339 e. The third-order valence-corrected chi connectivity index (χ3v) is 7.22. The van der Waals surface area contributed by atoms with Crippen LogP contribution in [-0.4, -0.2) is 34.8 Å². The van der Waals surface area contributed by atoms with Crippen molar-refractivity contribution in [1.82, 2.24) is 9.88 Å². The maximum Gasteiger partial charge on any atom is 0.253 e. The van der Waals surface area contributed by atoms with E-state index in [0.29, 0.717) is 31.5 Å². The average Bonchev–Trinajstić information content (AvgIpc) is 3.23. The minimum Gasteiger partial charge on any atom is -0.339 e. The van der Waals surface area contributed by atoms with Gasteiger partial charge in [-0.25, -0.2) is 4.98 Å². The molecule has 0 atom stereocenters. The van der Waals surface area contributed by atoms with Crippen molar-refractivity contribution >= 4 is 40.6 Å². The number of benzene rings is 2. The monoisotopic (exact) mass is 451 g/mol. The van der Waals surface area contributed by atoms with E-state index >= 15 is 0 Å². The van der Waals surface area contributed by atoms with Gasteiger partial charge in [0.05, 0.1) is 10.7 Å². The second-order valence-corrected chi connectivity index (χ2v) is 9.70. The van der Waals surface area contributed by atoms with Gasteiger partial charge in [-0.05, 0) is 56.2 Å². The zero-order valence-electron chi connectivity index (χ0n) is 17.4. The molecule has 1 aliphatic heterocycles. The summed E-state index contributed by atoms with van der Waals surface area (Å²) in [5.41, 5.74) is 2.60. The summed E-state index contributed by atoms with van der Waals surface area (Å²) in [6.45, 7) is 3.22. The highest BCUT2D eigenvalue weighted by molar-refractivity contribution is 7.98. The molecule has 1 aliphatic rings. The van der Waals surface area contributed by atoms with E-state index in [0.717, 1.165) is 27.0 Å². The molecule has 1 fully saturated rings. The van der Waals surface area contributed by atoms with Crippen LogP contribution in [0.25, 0.3) is 0 Å². The summed E-state index contributed by atoms with van der Waals surface area (Å²) < 4.78 is 0. The van der Waals surface area contributed by atoms with Gasteiger partial charge in [-0.15, -0.1) is 23.1 Å². The summed E-state index contributed by atoms with van der Waals surface area (Å²) in [5, 5.41) is 6.14. The van der Waals surface area contributed by atoms with Crippen molar-refractivity contribution in [1.29, 1.82) is 0 Å². The Morgan fingerprint density at radius 2 is 1.81 bits per heavy atom. The molecule has 5 nitrogen and oxygen atoms in total. The van der Waals surface area contributed by atoms with E-state index in [1.54, 1.807) is 23.1 Å². The fourth-order valence-corrected chi connectivity index (χ4v) is 5.13. The van der Waals surface area contributed by atoms with Crippen LogP contribution in [0.1, 0.15) is 33.9 Å². The van der Waals surface area contributed by atoms with Crippen LogP contribution >= 0.6 is 23.1 Å². The minimum atomic E-state index is -0.0580. The Morgan fingerprint density at radius 1 is 1.10 bits per heavy atom. The Labute approximate surface area is 190 Å². The molecule has 31 heavy (non-hydrogen) atoms.